The molecule has 0 aliphatic carbocycles. The van der Waals surface area contributed by atoms with Crippen molar-refractivity contribution in [3.63, 3.8) is 0 Å². The van der Waals surface area contributed by atoms with Crippen LogP contribution in [-0.4, -0.2) is 33.7 Å². The zero-order chi connectivity index (χ0) is 26.6. The molecule has 0 atom stereocenters. The Balaban J connectivity index is 1.35. The molecule has 8 nitrogen and oxygen atoms in total. The van der Waals surface area contributed by atoms with Gasteiger partial charge in [0, 0.05) is 44.3 Å². The molecule has 4 aromatic rings. The van der Waals surface area contributed by atoms with Crippen molar-refractivity contribution in [1.29, 1.82) is 0 Å². The van der Waals surface area contributed by atoms with Gasteiger partial charge in [0.2, 0.25) is 15.9 Å². The van der Waals surface area contributed by atoms with E-state index >= 15 is 0 Å². The standard InChI is InChI=1S/C29H30N2O6S/c1-34-29(14-16-35-17-15-29)24-9-5-6-21(18-24)19-36-20-26-31-27(22-7-3-2-4-8-22)28(37-26)23-10-12-25(13-11-23)38(30,32)33/h2-13,18H,14-17,19-20H2,1H3,(H2,30,32,33). The Hall–Kier alpha value is -3.34. The number of sulfonamides is 1. The monoisotopic (exact) mass is 534 g/mol. The Labute approximate surface area is 222 Å². The van der Waals surface area contributed by atoms with E-state index < -0.39 is 10.0 Å². The fraction of sp³-hybridized carbons (Fsp3) is 0.276. The normalized spacial score (nSPS) is 15.4. The molecule has 5 rings (SSSR count). The third-order valence-electron chi connectivity index (χ3n) is 6.80. The van der Waals surface area contributed by atoms with Crippen LogP contribution in [0, 0.1) is 0 Å². The van der Waals surface area contributed by atoms with E-state index in [1.165, 1.54) is 12.1 Å². The summed E-state index contributed by atoms with van der Waals surface area (Å²) in [6.45, 7) is 1.90. The molecule has 0 unspecified atom stereocenters. The quantitative estimate of drug-likeness (QED) is 0.321. The average Bonchev–Trinajstić information content (AvgIpc) is 3.38. The van der Waals surface area contributed by atoms with Crippen molar-refractivity contribution in [2.24, 2.45) is 5.14 Å². The summed E-state index contributed by atoms with van der Waals surface area (Å²) in [4.78, 5) is 4.74. The molecule has 1 saturated heterocycles. The molecule has 0 saturated carbocycles. The van der Waals surface area contributed by atoms with Crippen LogP contribution in [0.25, 0.3) is 22.6 Å². The van der Waals surface area contributed by atoms with Gasteiger partial charge in [-0.2, -0.15) is 0 Å². The first kappa shape index (κ1) is 26.3. The van der Waals surface area contributed by atoms with E-state index in [0.717, 1.165) is 29.5 Å². The lowest BCUT2D eigenvalue weighted by atomic mass is 9.85. The smallest absolute Gasteiger partial charge is 0.238 e. The number of primary sulfonamides is 1. The summed E-state index contributed by atoms with van der Waals surface area (Å²) < 4.78 is 46.9. The number of nitrogens with two attached hydrogens (primary N) is 1. The van der Waals surface area contributed by atoms with E-state index in [1.807, 2.05) is 42.5 Å². The first-order chi connectivity index (χ1) is 18.4. The minimum atomic E-state index is -3.79. The zero-order valence-electron chi connectivity index (χ0n) is 21.1. The van der Waals surface area contributed by atoms with Crippen LogP contribution >= 0.6 is 0 Å². The van der Waals surface area contributed by atoms with Crippen molar-refractivity contribution in [2.75, 3.05) is 20.3 Å². The molecule has 1 aromatic heterocycles. The highest BCUT2D eigenvalue weighted by atomic mass is 32.2. The number of nitrogens with zero attached hydrogens (tertiary/aromatic N) is 1. The van der Waals surface area contributed by atoms with E-state index in [4.69, 9.17) is 28.8 Å². The summed E-state index contributed by atoms with van der Waals surface area (Å²) in [5.74, 6) is 0.947. The Bertz CT molecular complexity index is 1480. The number of hydrogen-bond acceptors (Lipinski definition) is 7. The summed E-state index contributed by atoms with van der Waals surface area (Å²) in [5, 5.41) is 5.25. The van der Waals surface area contributed by atoms with Crippen molar-refractivity contribution in [3.8, 4) is 22.6 Å². The summed E-state index contributed by atoms with van der Waals surface area (Å²) >= 11 is 0. The molecule has 1 aliphatic heterocycles. The van der Waals surface area contributed by atoms with Crippen LogP contribution in [0.4, 0.5) is 0 Å². The van der Waals surface area contributed by atoms with E-state index in [-0.39, 0.29) is 17.1 Å². The fourth-order valence-corrected chi connectivity index (χ4v) is 5.24. The van der Waals surface area contributed by atoms with E-state index in [1.54, 1.807) is 19.2 Å². The molecule has 0 amide bonds. The second-order valence-corrected chi connectivity index (χ2v) is 10.8. The molecule has 2 heterocycles. The van der Waals surface area contributed by atoms with Gasteiger partial charge in [0.05, 0.1) is 17.1 Å². The topological polar surface area (TPSA) is 114 Å². The number of oxazole rings is 1. The maximum Gasteiger partial charge on any atom is 0.238 e. The Kier molecular flexibility index (Phi) is 7.73. The molecule has 1 fully saturated rings. The second-order valence-electron chi connectivity index (χ2n) is 9.22. The lowest BCUT2D eigenvalue weighted by Crippen LogP contribution is -2.35. The number of hydrogen-bond donors (Lipinski definition) is 1. The maximum atomic E-state index is 11.7. The first-order valence-corrected chi connectivity index (χ1v) is 13.9. The maximum absolute atomic E-state index is 11.7. The third-order valence-corrected chi connectivity index (χ3v) is 7.73. The van der Waals surface area contributed by atoms with Crippen LogP contribution in [0.15, 0.2) is 88.2 Å². The molecule has 0 radical (unpaired) electrons. The molecule has 2 N–H and O–H groups in total. The van der Waals surface area contributed by atoms with Gasteiger partial charge < -0.3 is 18.6 Å². The number of ether oxygens (including phenoxy) is 3. The fourth-order valence-electron chi connectivity index (χ4n) is 4.72. The van der Waals surface area contributed by atoms with Crippen molar-refractivity contribution in [1.82, 2.24) is 4.98 Å². The van der Waals surface area contributed by atoms with E-state index in [2.05, 4.69) is 12.1 Å². The largest absolute Gasteiger partial charge is 0.437 e. The summed E-state index contributed by atoms with van der Waals surface area (Å²) in [7, 11) is -2.04. The van der Waals surface area contributed by atoms with Gasteiger partial charge in [-0.15, -0.1) is 0 Å². The van der Waals surface area contributed by atoms with Crippen molar-refractivity contribution >= 4 is 10.0 Å². The molecule has 3 aromatic carbocycles. The van der Waals surface area contributed by atoms with E-state index in [0.29, 0.717) is 42.7 Å². The number of methoxy groups -OCH3 is 1. The predicted octanol–water partition coefficient (Wildman–Crippen LogP) is 5.02. The van der Waals surface area contributed by atoms with Crippen LogP contribution in [0.2, 0.25) is 0 Å². The van der Waals surface area contributed by atoms with Crippen LogP contribution in [0.1, 0.15) is 29.9 Å². The zero-order valence-corrected chi connectivity index (χ0v) is 21.9. The summed E-state index contributed by atoms with van der Waals surface area (Å²) in [6.07, 6.45) is 1.63. The lowest BCUT2D eigenvalue weighted by Gasteiger charge is -2.36. The van der Waals surface area contributed by atoms with Gasteiger partial charge in [-0.1, -0.05) is 54.6 Å². The molecule has 38 heavy (non-hydrogen) atoms. The minimum absolute atomic E-state index is 0.0313. The third kappa shape index (κ3) is 5.72. The molecule has 0 spiro atoms. The number of aromatic nitrogens is 1. The van der Waals surface area contributed by atoms with Gasteiger partial charge in [-0.25, -0.2) is 18.5 Å². The second kappa shape index (κ2) is 11.2. The number of rotatable bonds is 9. The van der Waals surface area contributed by atoms with Gasteiger partial charge in [-0.05, 0) is 35.4 Å². The molecule has 9 heteroatoms. The molecular weight excluding hydrogens is 504 g/mol. The van der Waals surface area contributed by atoms with Crippen LogP contribution in [-0.2, 0) is 43.0 Å². The molecular formula is C29H30N2O6S. The van der Waals surface area contributed by atoms with Crippen LogP contribution in [0.5, 0.6) is 0 Å². The minimum Gasteiger partial charge on any atom is -0.437 e. The van der Waals surface area contributed by atoms with Gasteiger partial charge in [-0.3, -0.25) is 0 Å². The van der Waals surface area contributed by atoms with Crippen molar-refractivity contribution < 1.29 is 27.0 Å². The molecule has 1 aliphatic rings. The van der Waals surface area contributed by atoms with Crippen molar-refractivity contribution in [3.05, 3.63) is 95.9 Å². The number of benzene rings is 3. The Morgan fingerprint density at radius 1 is 0.921 bits per heavy atom. The van der Waals surface area contributed by atoms with Gasteiger partial charge in [0.15, 0.2) is 5.76 Å². The SMILES string of the molecule is COC1(c2cccc(COCc3nc(-c4ccccc4)c(-c4ccc(S(N)(=O)=O)cc4)o3)c2)CCOCC1. The van der Waals surface area contributed by atoms with Crippen LogP contribution < -0.4 is 5.14 Å². The van der Waals surface area contributed by atoms with Gasteiger partial charge >= 0.3 is 0 Å². The van der Waals surface area contributed by atoms with Crippen LogP contribution in [0.3, 0.4) is 0 Å². The predicted molar refractivity (Wildman–Crippen MR) is 142 cm³/mol. The average molecular weight is 535 g/mol. The summed E-state index contributed by atoms with van der Waals surface area (Å²) in [6, 6.07) is 24.1. The highest BCUT2D eigenvalue weighted by Crippen LogP contribution is 2.36. The lowest BCUT2D eigenvalue weighted by molar-refractivity contribution is -0.0948. The summed E-state index contributed by atoms with van der Waals surface area (Å²) in [5.41, 5.74) is 4.02. The van der Waals surface area contributed by atoms with Gasteiger partial charge in [0.1, 0.15) is 12.3 Å². The molecule has 0 bridgehead atoms. The highest BCUT2D eigenvalue weighted by molar-refractivity contribution is 7.89. The Morgan fingerprint density at radius 3 is 2.34 bits per heavy atom. The molecule has 198 valence electrons. The van der Waals surface area contributed by atoms with Gasteiger partial charge in [0.25, 0.3) is 0 Å². The highest BCUT2D eigenvalue weighted by Gasteiger charge is 2.34. The van der Waals surface area contributed by atoms with Crippen molar-refractivity contribution in [2.45, 2.75) is 36.6 Å². The van der Waals surface area contributed by atoms with E-state index in [9.17, 15) is 8.42 Å². The Morgan fingerprint density at radius 2 is 1.66 bits per heavy atom. The first-order valence-electron chi connectivity index (χ1n) is 12.4.